The number of carboxylic acids is 1. The normalized spacial score (nSPS) is 34.5. The smallest absolute Gasteiger partial charge is 0.303 e. The van der Waals surface area contributed by atoms with Crippen LogP contribution < -0.4 is 0 Å². The van der Waals surface area contributed by atoms with Crippen molar-refractivity contribution in [1.29, 1.82) is 0 Å². The second-order valence-electron chi connectivity index (χ2n) is 16.2. The van der Waals surface area contributed by atoms with Crippen molar-refractivity contribution in [3.63, 3.8) is 0 Å². The molecule has 42 heavy (non-hydrogen) atoms. The van der Waals surface area contributed by atoms with Crippen LogP contribution in [-0.4, -0.2) is 22.3 Å². The van der Waals surface area contributed by atoms with Gasteiger partial charge in [0, 0.05) is 6.42 Å². The zero-order valence-electron chi connectivity index (χ0n) is 28.8. The Balaban J connectivity index is 0.000000295. The fraction of sp³-hybridized carbons (Fsp3) is 0.923. The first-order valence-corrected chi connectivity index (χ1v) is 18.6. The summed E-state index contributed by atoms with van der Waals surface area (Å²) in [5.74, 6) is 4.80. The van der Waals surface area contributed by atoms with E-state index in [1.54, 1.807) is 5.57 Å². The Bertz CT molecular complexity index is 831. The molecule has 0 saturated heterocycles. The lowest BCUT2D eigenvalue weighted by molar-refractivity contribution is -0.137. The van der Waals surface area contributed by atoms with Gasteiger partial charge in [-0.2, -0.15) is 0 Å². The van der Waals surface area contributed by atoms with E-state index in [0.717, 1.165) is 61.2 Å². The van der Waals surface area contributed by atoms with E-state index in [4.69, 9.17) is 5.11 Å². The molecule has 3 heteroatoms. The van der Waals surface area contributed by atoms with Crippen molar-refractivity contribution in [1.82, 2.24) is 0 Å². The molecular formula is C39H70O3. The number of carboxylic acid groups (broad SMARTS) is 1. The Morgan fingerprint density at radius 2 is 1.52 bits per heavy atom. The van der Waals surface area contributed by atoms with E-state index >= 15 is 0 Å². The molecule has 1 unspecified atom stereocenters. The predicted molar refractivity (Wildman–Crippen MR) is 179 cm³/mol. The molecule has 8 atom stereocenters. The fourth-order valence-corrected chi connectivity index (χ4v) is 10.3. The molecule has 4 aliphatic carbocycles. The highest BCUT2D eigenvalue weighted by Crippen LogP contribution is 2.67. The molecule has 4 aliphatic rings. The van der Waals surface area contributed by atoms with Crippen LogP contribution in [0.1, 0.15) is 176 Å². The summed E-state index contributed by atoms with van der Waals surface area (Å²) in [6.45, 7) is 14.8. The quantitative estimate of drug-likeness (QED) is 0.148. The number of rotatable bonds is 15. The largest absolute Gasteiger partial charge is 0.481 e. The van der Waals surface area contributed by atoms with E-state index in [2.05, 4.69) is 47.6 Å². The number of fused-ring (bicyclic) bond motifs is 5. The van der Waals surface area contributed by atoms with Crippen LogP contribution in [0.25, 0.3) is 0 Å². The molecule has 0 bridgehead atoms. The number of unbranched alkanes of at least 4 members (excludes halogenated alkanes) is 8. The number of carbonyl (C=O) groups is 1. The first-order chi connectivity index (χ1) is 20.0. The van der Waals surface area contributed by atoms with Gasteiger partial charge in [0.2, 0.25) is 0 Å². The van der Waals surface area contributed by atoms with Crippen LogP contribution in [0.5, 0.6) is 0 Å². The summed E-state index contributed by atoms with van der Waals surface area (Å²) < 4.78 is 0. The summed E-state index contributed by atoms with van der Waals surface area (Å²) in [6.07, 6.45) is 28.6. The second-order valence-corrected chi connectivity index (χ2v) is 16.2. The maximum atomic E-state index is 10.2. The van der Waals surface area contributed by atoms with E-state index in [-0.39, 0.29) is 6.10 Å². The van der Waals surface area contributed by atoms with Crippen LogP contribution in [0.15, 0.2) is 11.6 Å². The van der Waals surface area contributed by atoms with Crippen molar-refractivity contribution in [2.75, 3.05) is 0 Å². The summed E-state index contributed by atoms with van der Waals surface area (Å²) in [5, 5.41) is 18.6. The highest BCUT2D eigenvalue weighted by Gasteiger charge is 2.59. The Labute approximate surface area is 261 Å². The van der Waals surface area contributed by atoms with Crippen molar-refractivity contribution in [2.24, 2.45) is 46.3 Å². The summed E-state index contributed by atoms with van der Waals surface area (Å²) in [7, 11) is 0. The third-order valence-corrected chi connectivity index (χ3v) is 12.8. The van der Waals surface area contributed by atoms with Crippen molar-refractivity contribution in [3.8, 4) is 0 Å². The third-order valence-electron chi connectivity index (χ3n) is 12.8. The summed E-state index contributed by atoms with van der Waals surface area (Å²) in [5.41, 5.74) is 2.60. The van der Waals surface area contributed by atoms with Gasteiger partial charge in [-0.3, -0.25) is 4.79 Å². The fourth-order valence-electron chi connectivity index (χ4n) is 10.3. The number of hydrogen-bond acceptors (Lipinski definition) is 2. The van der Waals surface area contributed by atoms with Gasteiger partial charge < -0.3 is 10.2 Å². The molecule has 0 aromatic carbocycles. The molecule has 0 spiro atoms. The third kappa shape index (κ3) is 9.34. The van der Waals surface area contributed by atoms with Gasteiger partial charge >= 0.3 is 5.97 Å². The zero-order valence-corrected chi connectivity index (χ0v) is 28.8. The van der Waals surface area contributed by atoms with E-state index in [0.29, 0.717) is 17.3 Å². The Morgan fingerprint density at radius 1 is 0.857 bits per heavy atom. The van der Waals surface area contributed by atoms with E-state index in [9.17, 15) is 9.90 Å². The molecule has 244 valence electrons. The monoisotopic (exact) mass is 587 g/mol. The highest BCUT2D eigenvalue weighted by molar-refractivity contribution is 5.66. The van der Waals surface area contributed by atoms with Gasteiger partial charge in [0.1, 0.15) is 0 Å². The first-order valence-electron chi connectivity index (χ1n) is 18.6. The van der Waals surface area contributed by atoms with Crippen LogP contribution in [-0.2, 0) is 4.79 Å². The summed E-state index contributed by atoms with van der Waals surface area (Å²) >= 11 is 0. The van der Waals surface area contributed by atoms with Gasteiger partial charge in [-0.25, -0.2) is 0 Å². The average molecular weight is 587 g/mol. The lowest BCUT2D eigenvalue weighted by Gasteiger charge is -2.58. The topological polar surface area (TPSA) is 57.5 Å². The lowest BCUT2D eigenvalue weighted by atomic mass is 9.47. The standard InChI is InChI=1S/C27H46O.C12H24O2/c1-18(2)7-6-8-19(3)23-11-12-24-22-10-9-20-17-21(28)13-15-26(20,4)25(22)14-16-27(23,24)5;1-2-3-4-5-6-7-8-9-10-11-12(13)14/h9,18-19,21-25,28H,6-8,10-17H2,1-5H3;2-11H2,1H3,(H,13,14)/t19?,21-,22-,23+,24-,25-,26-,27+;/m0./s1. The Hall–Kier alpha value is -0.830. The molecule has 0 amide bonds. The number of hydrogen-bond donors (Lipinski definition) is 2. The Morgan fingerprint density at radius 3 is 2.17 bits per heavy atom. The number of allylic oxidation sites excluding steroid dienone is 1. The van der Waals surface area contributed by atoms with Gasteiger partial charge in [0.05, 0.1) is 6.10 Å². The molecular weight excluding hydrogens is 516 g/mol. The minimum Gasteiger partial charge on any atom is -0.481 e. The van der Waals surface area contributed by atoms with Crippen molar-refractivity contribution in [2.45, 2.75) is 182 Å². The molecule has 0 aromatic heterocycles. The van der Waals surface area contributed by atoms with E-state index in [1.165, 1.54) is 103 Å². The van der Waals surface area contributed by atoms with Gasteiger partial charge in [0.25, 0.3) is 0 Å². The molecule has 0 radical (unpaired) electrons. The van der Waals surface area contributed by atoms with Crippen LogP contribution in [0.4, 0.5) is 0 Å². The predicted octanol–water partition coefficient (Wildman–Crippen LogP) is 11.4. The van der Waals surface area contributed by atoms with Gasteiger partial charge in [0.15, 0.2) is 0 Å². The maximum Gasteiger partial charge on any atom is 0.303 e. The SMILES string of the molecule is CC(C)CCCC(C)[C@H]1CC[C@H]2[C@@H]3CC=C4C[C@@H](O)CC[C@]4(C)[C@H]3CC[C@]12C.CCCCCCCCCCCC(=O)O. The van der Waals surface area contributed by atoms with E-state index in [1.807, 2.05) is 0 Å². The minimum absolute atomic E-state index is 0.0766. The summed E-state index contributed by atoms with van der Waals surface area (Å²) in [6, 6.07) is 0. The zero-order chi connectivity index (χ0) is 30.8. The van der Waals surface area contributed by atoms with Crippen LogP contribution in [0.2, 0.25) is 0 Å². The van der Waals surface area contributed by atoms with Gasteiger partial charge in [-0.1, -0.05) is 124 Å². The molecule has 3 fully saturated rings. The average Bonchev–Trinajstić information content (AvgIpc) is 3.30. The van der Waals surface area contributed by atoms with Crippen molar-refractivity contribution >= 4 is 5.97 Å². The van der Waals surface area contributed by atoms with Crippen LogP contribution in [0, 0.1) is 46.3 Å². The number of aliphatic hydroxyl groups excluding tert-OH is 1. The molecule has 3 saturated carbocycles. The van der Waals surface area contributed by atoms with Crippen molar-refractivity contribution in [3.05, 3.63) is 11.6 Å². The van der Waals surface area contributed by atoms with Crippen LogP contribution in [0.3, 0.4) is 0 Å². The first kappa shape index (κ1) is 35.6. The van der Waals surface area contributed by atoms with Crippen LogP contribution >= 0.6 is 0 Å². The maximum absolute atomic E-state index is 10.2. The molecule has 2 N–H and O–H groups in total. The molecule has 0 aromatic rings. The van der Waals surface area contributed by atoms with Crippen molar-refractivity contribution < 1.29 is 15.0 Å². The number of aliphatic hydroxyl groups is 1. The lowest BCUT2D eigenvalue weighted by Crippen LogP contribution is -2.50. The molecule has 4 rings (SSSR count). The number of aliphatic carboxylic acids is 1. The van der Waals surface area contributed by atoms with Gasteiger partial charge in [-0.05, 0) is 104 Å². The molecule has 3 nitrogen and oxygen atoms in total. The molecule has 0 aliphatic heterocycles. The Kier molecular flexibility index (Phi) is 14.4. The van der Waals surface area contributed by atoms with Gasteiger partial charge in [-0.15, -0.1) is 0 Å². The molecule has 0 heterocycles. The highest BCUT2D eigenvalue weighted by atomic mass is 16.4. The second kappa shape index (κ2) is 17.0. The van der Waals surface area contributed by atoms with E-state index < -0.39 is 5.97 Å². The minimum atomic E-state index is -0.659. The summed E-state index contributed by atoms with van der Waals surface area (Å²) in [4.78, 5) is 10.2.